The second-order valence-corrected chi connectivity index (χ2v) is 4.08. The molecule has 4 N–H and O–H groups in total. The number of hydrogen-bond donors (Lipinski definition) is 2. The molecule has 1 heterocycles. The number of carbonyl (C=O) groups excluding carboxylic acids is 2. The molecule has 0 spiro atoms. The van der Waals surface area contributed by atoms with Gasteiger partial charge in [0.25, 0.3) is 0 Å². The predicted molar refractivity (Wildman–Crippen MR) is 50.0 cm³/mol. The molecular formula is C9H15N3O2. The van der Waals surface area contributed by atoms with Crippen LogP contribution in [0.25, 0.3) is 0 Å². The third kappa shape index (κ3) is 1.37. The highest BCUT2D eigenvalue weighted by atomic mass is 16.2. The molecule has 0 bridgehead atoms. The van der Waals surface area contributed by atoms with Gasteiger partial charge in [-0.25, -0.2) is 0 Å². The number of nitrogens with zero attached hydrogens (tertiary/aromatic N) is 1. The van der Waals surface area contributed by atoms with E-state index in [0.717, 1.165) is 6.42 Å². The first-order chi connectivity index (χ1) is 6.65. The van der Waals surface area contributed by atoms with Crippen LogP contribution in [0.5, 0.6) is 0 Å². The maximum Gasteiger partial charge on any atom is 0.240 e. The fraction of sp³-hybridized carbons (Fsp3) is 0.778. The number of rotatable bonds is 3. The maximum atomic E-state index is 11.7. The Morgan fingerprint density at radius 3 is 2.50 bits per heavy atom. The minimum atomic E-state index is -0.394. The van der Waals surface area contributed by atoms with Crippen LogP contribution < -0.4 is 11.5 Å². The molecule has 2 rings (SSSR count). The second-order valence-electron chi connectivity index (χ2n) is 4.08. The van der Waals surface area contributed by atoms with Gasteiger partial charge in [-0.1, -0.05) is 0 Å². The summed E-state index contributed by atoms with van der Waals surface area (Å²) in [6.45, 7) is 1.23. The summed E-state index contributed by atoms with van der Waals surface area (Å²) >= 11 is 0. The fourth-order valence-corrected chi connectivity index (χ4v) is 1.97. The predicted octanol–water partition coefficient (Wildman–Crippen LogP) is -1.33. The van der Waals surface area contributed by atoms with Crippen molar-refractivity contribution in [3.05, 3.63) is 0 Å². The molecule has 2 aliphatic rings. The number of carbonyl (C=O) groups is 2. The molecule has 1 aliphatic heterocycles. The molecule has 1 unspecified atom stereocenters. The van der Waals surface area contributed by atoms with Crippen molar-refractivity contribution in [1.29, 1.82) is 0 Å². The summed E-state index contributed by atoms with van der Waals surface area (Å²) in [5, 5.41) is 0. The van der Waals surface area contributed by atoms with Gasteiger partial charge in [0.15, 0.2) is 0 Å². The Morgan fingerprint density at radius 1 is 1.43 bits per heavy atom. The minimum absolute atomic E-state index is 0.0575. The standard InChI is InChI=1S/C9H15N3O2/c10-4-5-3-6(5)9(14)12-2-1-7(12)8(11)13/h5-7H,1-4,10H2,(H2,11,13)/t5-,6-,7?/m1/s1. The van der Waals surface area contributed by atoms with Crippen LogP contribution in [-0.4, -0.2) is 35.8 Å². The molecule has 1 saturated carbocycles. The van der Waals surface area contributed by atoms with Gasteiger partial charge in [-0.15, -0.1) is 0 Å². The van der Waals surface area contributed by atoms with Crippen LogP contribution in [-0.2, 0) is 9.59 Å². The monoisotopic (exact) mass is 197 g/mol. The SMILES string of the molecule is NC[C@H]1C[C@H]1C(=O)N1CCC1C(N)=O. The number of likely N-dealkylation sites (tertiary alicyclic amines) is 1. The molecule has 1 saturated heterocycles. The van der Waals surface area contributed by atoms with E-state index in [4.69, 9.17) is 11.5 Å². The highest BCUT2D eigenvalue weighted by molar-refractivity contribution is 5.90. The third-order valence-electron chi connectivity index (χ3n) is 3.17. The maximum absolute atomic E-state index is 11.7. The van der Waals surface area contributed by atoms with Gasteiger partial charge < -0.3 is 16.4 Å². The summed E-state index contributed by atoms with van der Waals surface area (Å²) in [5.41, 5.74) is 10.6. The molecule has 1 aliphatic carbocycles. The molecule has 0 radical (unpaired) electrons. The first-order valence-corrected chi connectivity index (χ1v) is 4.95. The summed E-state index contributed by atoms with van der Waals surface area (Å²) in [7, 11) is 0. The Hall–Kier alpha value is -1.10. The van der Waals surface area contributed by atoms with Crippen LogP contribution >= 0.6 is 0 Å². The number of amides is 2. The molecule has 14 heavy (non-hydrogen) atoms. The van der Waals surface area contributed by atoms with E-state index in [1.807, 2.05) is 0 Å². The summed E-state index contributed by atoms with van der Waals surface area (Å²) in [6.07, 6.45) is 1.58. The van der Waals surface area contributed by atoms with Crippen LogP contribution in [0.15, 0.2) is 0 Å². The van der Waals surface area contributed by atoms with Gasteiger partial charge in [-0.2, -0.15) is 0 Å². The molecular weight excluding hydrogens is 182 g/mol. The fourth-order valence-electron chi connectivity index (χ4n) is 1.97. The van der Waals surface area contributed by atoms with E-state index >= 15 is 0 Å². The minimum Gasteiger partial charge on any atom is -0.368 e. The van der Waals surface area contributed by atoms with Crippen molar-refractivity contribution >= 4 is 11.8 Å². The van der Waals surface area contributed by atoms with E-state index in [-0.39, 0.29) is 17.9 Å². The summed E-state index contributed by atoms with van der Waals surface area (Å²) in [6, 6.07) is -0.360. The van der Waals surface area contributed by atoms with E-state index in [9.17, 15) is 9.59 Å². The summed E-state index contributed by atoms with van der Waals surface area (Å²) in [4.78, 5) is 24.2. The third-order valence-corrected chi connectivity index (χ3v) is 3.17. The highest BCUT2D eigenvalue weighted by Crippen LogP contribution is 2.40. The van der Waals surface area contributed by atoms with Crippen LogP contribution in [0.2, 0.25) is 0 Å². The molecule has 5 nitrogen and oxygen atoms in total. The van der Waals surface area contributed by atoms with Crippen molar-refractivity contribution in [3.63, 3.8) is 0 Å². The summed E-state index contributed by atoms with van der Waals surface area (Å²) < 4.78 is 0. The second kappa shape index (κ2) is 3.24. The molecule has 78 valence electrons. The lowest BCUT2D eigenvalue weighted by Crippen LogP contribution is -2.57. The molecule has 3 atom stereocenters. The zero-order valence-electron chi connectivity index (χ0n) is 7.98. The number of hydrogen-bond acceptors (Lipinski definition) is 3. The van der Waals surface area contributed by atoms with Gasteiger partial charge in [0.05, 0.1) is 0 Å². The largest absolute Gasteiger partial charge is 0.368 e. The van der Waals surface area contributed by atoms with Gasteiger partial charge in [-0.3, -0.25) is 9.59 Å². The van der Waals surface area contributed by atoms with Crippen molar-refractivity contribution in [3.8, 4) is 0 Å². The van der Waals surface area contributed by atoms with Gasteiger partial charge in [0, 0.05) is 12.5 Å². The molecule has 2 amide bonds. The van der Waals surface area contributed by atoms with E-state index < -0.39 is 5.91 Å². The van der Waals surface area contributed by atoms with Crippen LogP contribution in [0, 0.1) is 11.8 Å². The van der Waals surface area contributed by atoms with Crippen LogP contribution in [0.4, 0.5) is 0 Å². The van der Waals surface area contributed by atoms with Crippen molar-refractivity contribution in [1.82, 2.24) is 4.90 Å². The van der Waals surface area contributed by atoms with Crippen molar-refractivity contribution in [2.24, 2.45) is 23.3 Å². The first kappa shape index (κ1) is 9.45. The lowest BCUT2D eigenvalue weighted by Gasteiger charge is -2.39. The number of primary amides is 1. The van der Waals surface area contributed by atoms with E-state index in [1.165, 1.54) is 0 Å². The van der Waals surface area contributed by atoms with Gasteiger partial charge in [0.1, 0.15) is 6.04 Å². The molecule has 0 aromatic carbocycles. The van der Waals surface area contributed by atoms with E-state index in [1.54, 1.807) is 4.90 Å². The van der Waals surface area contributed by atoms with Crippen LogP contribution in [0.3, 0.4) is 0 Å². The Kier molecular flexibility index (Phi) is 2.19. The smallest absolute Gasteiger partial charge is 0.240 e. The lowest BCUT2D eigenvalue weighted by molar-refractivity contribution is -0.147. The molecule has 5 heteroatoms. The van der Waals surface area contributed by atoms with Crippen molar-refractivity contribution in [2.75, 3.05) is 13.1 Å². The zero-order valence-corrected chi connectivity index (χ0v) is 7.98. The normalized spacial score (nSPS) is 34.9. The molecule has 0 aromatic heterocycles. The van der Waals surface area contributed by atoms with Gasteiger partial charge in [0.2, 0.25) is 11.8 Å². The molecule has 0 aromatic rings. The van der Waals surface area contributed by atoms with Crippen molar-refractivity contribution < 1.29 is 9.59 Å². The average Bonchev–Trinajstić information content (AvgIpc) is 2.78. The molecule has 2 fully saturated rings. The quantitative estimate of drug-likeness (QED) is 0.587. The Labute approximate surface area is 82.4 Å². The zero-order chi connectivity index (χ0) is 10.3. The average molecular weight is 197 g/mol. The topological polar surface area (TPSA) is 89.4 Å². The van der Waals surface area contributed by atoms with Crippen molar-refractivity contribution in [2.45, 2.75) is 18.9 Å². The Morgan fingerprint density at radius 2 is 2.14 bits per heavy atom. The van der Waals surface area contributed by atoms with E-state index in [2.05, 4.69) is 0 Å². The van der Waals surface area contributed by atoms with Gasteiger partial charge >= 0.3 is 0 Å². The Bertz CT molecular complexity index is 279. The number of nitrogens with two attached hydrogens (primary N) is 2. The van der Waals surface area contributed by atoms with Gasteiger partial charge in [-0.05, 0) is 25.3 Å². The Balaban J connectivity index is 1.90. The lowest BCUT2D eigenvalue weighted by atomic mass is 10.0. The van der Waals surface area contributed by atoms with Crippen LogP contribution in [0.1, 0.15) is 12.8 Å². The summed E-state index contributed by atoms with van der Waals surface area (Å²) in [5.74, 6) is 0.0591. The van der Waals surface area contributed by atoms with E-state index in [0.29, 0.717) is 25.4 Å². The first-order valence-electron chi connectivity index (χ1n) is 4.95. The highest BCUT2D eigenvalue weighted by Gasteiger charge is 2.48.